The summed E-state index contributed by atoms with van der Waals surface area (Å²) >= 11 is 1.37. The summed E-state index contributed by atoms with van der Waals surface area (Å²) < 4.78 is 18.3. The summed E-state index contributed by atoms with van der Waals surface area (Å²) in [5, 5.41) is 12.2. The van der Waals surface area contributed by atoms with E-state index >= 15 is 0 Å². The number of ether oxygens (including phenoxy) is 3. The van der Waals surface area contributed by atoms with Crippen molar-refractivity contribution in [3.05, 3.63) is 42.5 Å². The molecule has 0 bridgehead atoms. The topological polar surface area (TPSA) is 90.7 Å². The maximum absolute atomic E-state index is 12.4. The summed E-state index contributed by atoms with van der Waals surface area (Å²) in [4.78, 5) is 14.5. The van der Waals surface area contributed by atoms with E-state index in [4.69, 9.17) is 14.2 Å². The molecule has 160 valence electrons. The number of nitrogens with one attached hydrogen (secondary N) is 1. The molecule has 0 unspecified atom stereocenters. The fourth-order valence-corrected chi connectivity index (χ4v) is 4.30. The summed E-state index contributed by atoms with van der Waals surface area (Å²) in [6.07, 6.45) is 0. The van der Waals surface area contributed by atoms with Crippen LogP contribution in [0.3, 0.4) is 0 Å². The van der Waals surface area contributed by atoms with E-state index in [0.29, 0.717) is 30.4 Å². The predicted octanol–water partition coefficient (Wildman–Crippen LogP) is 2.94. The maximum Gasteiger partial charge on any atom is 0.234 e. The van der Waals surface area contributed by atoms with E-state index < -0.39 is 0 Å². The molecule has 0 atom stereocenters. The first-order valence-corrected chi connectivity index (χ1v) is 10.9. The van der Waals surface area contributed by atoms with Gasteiger partial charge in [-0.1, -0.05) is 11.8 Å². The number of carbonyl (C=O) groups excluding carboxylic acids is 1. The molecule has 0 saturated heterocycles. The molecule has 0 aliphatic carbocycles. The minimum Gasteiger partial charge on any atom is -0.497 e. The second-order valence-corrected chi connectivity index (χ2v) is 7.92. The molecule has 0 spiro atoms. The maximum atomic E-state index is 12.4. The number of amides is 1. The highest BCUT2D eigenvalue weighted by Gasteiger charge is 2.26. The van der Waals surface area contributed by atoms with Gasteiger partial charge < -0.3 is 24.4 Å². The van der Waals surface area contributed by atoms with Gasteiger partial charge in [0.05, 0.1) is 12.9 Å². The number of hydrogen-bond donors (Lipinski definition) is 1. The van der Waals surface area contributed by atoms with Gasteiger partial charge in [-0.15, -0.1) is 10.2 Å². The van der Waals surface area contributed by atoms with Crippen LogP contribution in [0, 0.1) is 0 Å². The van der Waals surface area contributed by atoms with Crippen molar-refractivity contribution in [3.63, 3.8) is 0 Å². The first kappa shape index (κ1) is 19.6. The minimum absolute atomic E-state index is 0.121. The number of thioether (sulfide) groups is 1. The average molecular weight is 439 g/mol. The Balaban J connectivity index is 1.21. The van der Waals surface area contributed by atoms with E-state index in [1.54, 1.807) is 25.3 Å². The molecular weight excluding hydrogens is 418 g/mol. The van der Waals surface area contributed by atoms with Gasteiger partial charge in [0.15, 0.2) is 16.7 Å². The molecule has 2 aromatic carbocycles. The van der Waals surface area contributed by atoms with E-state index in [1.165, 1.54) is 11.8 Å². The zero-order valence-electron chi connectivity index (χ0n) is 16.9. The van der Waals surface area contributed by atoms with Crippen molar-refractivity contribution >= 4 is 35.0 Å². The fraction of sp³-hybridized carbons (Fsp3) is 0.286. The lowest BCUT2D eigenvalue weighted by Gasteiger charge is -2.18. The number of hydrogen-bond acceptors (Lipinski definition) is 8. The molecule has 31 heavy (non-hydrogen) atoms. The van der Waals surface area contributed by atoms with Crippen LogP contribution in [-0.2, 0) is 11.3 Å². The molecule has 2 aliphatic rings. The summed E-state index contributed by atoms with van der Waals surface area (Å²) in [5.41, 5.74) is 1.70. The lowest BCUT2D eigenvalue weighted by atomic mass is 10.2. The standard InChI is InChI=1S/C21H21N5O4S/c1-28-16-5-3-15(4-6-16)25-8-9-26-20(25)23-24-21(26)31-13-19(27)22-14-2-7-17-18(12-14)30-11-10-29-17/h2-7,12H,8-11,13H2,1H3,(H,22,27). The van der Waals surface area contributed by atoms with Crippen molar-refractivity contribution in [1.29, 1.82) is 0 Å². The van der Waals surface area contributed by atoms with Crippen molar-refractivity contribution in [2.24, 2.45) is 0 Å². The van der Waals surface area contributed by atoms with Crippen LogP contribution in [0.1, 0.15) is 0 Å². The lowest BCUT2D eigenvalue weighted by Crippen LogP contribution is -2.17. The van der Waals surface area contributed by atoms with Crippen LogP contribution in [0.15, 0.2) is 47.6 Å². The Labute approximate surface area is 183 Å². The van der Waals surface area contributed by atoms with Gasteiger partial charge in [0.1, 0.15) is 19.0 Å². The highest BCUT2D eigenvalue weighted by molar-refractivity contribution is 7.99. The summed E-state index contributed by atoms with van der Waals surface area (Å²) in [7, 11) is 1.65. The van der Waals surface area contributed by atoms with Gasteiger partial charge in [0.2, 0.25) is 11.9 Å². The van der Waals surface area contributed by atoms with Crippen molar-refractivity contribution in [2.45, 2.75) is 11.7 Å². The Bertz CT molecular complexity index is 1100. The smallest absolute Gasteiger partial charge is 0.234 e. The molecule has 1 amide bonds. The molecule has 2 aliphatic heterocycles. The summed E-state index contributed by atoms with van der Waals surface area (Å²) in [6, 6.07) is 13.2. The van der Waals surface area contributed by atoms with Gasteiger partial charge in [-0.2, -0.15) is 0 Å². The van der Waals surface area contributed by atoms with Gasteiger partial charge in [-0.05, 0) is 36.4 Å². The summed E-state index contributed by atoms with van der Waals surface area (Å²) in [6.45, 7) is 2.61. The number of rotatable bonds is 6. The van der Waals surface area contributed by atoms with E-state index in [0.717, 1.165) is 35.6 Å². The highest BCUT2D eigenvalue weighted by atomic mass is 32.2. The minimum atomic E-state index is -0.121. The Morgan fingerprint density at radius 1 is 1.10 bits per heavy atom. The number of carbonyl (C=O) groups is 1. The van der Waals surface area contributed by atoms with Crippen LogP contribution in [0.25, 0.3) is 0 Å². The Morgan fingerprint density at radius 3 is 2.71 bits per heavy atom. The highest BCUT2D eigenvalue weighted by Crippen LogP contribution is 2.34. The molecule has 1 N–H and O–H groups in total. The zero-order chi connectivity index (χ0) is 21.2. The fourth-order valence-electron chi connectivity index (χ4n) is 3.54. The van der Waals surface area contributed by atoms with Crippen molar-refractivity contribution in [3.8, 4) is 17.2 Å². The second-order valence-electron chi connectivity index (χ2n) is 6.98. The number of anilines is 3. The number of benzene rings is 2. The van der Waals surface area contributed by atoms with E-state index in [2.05, 4.69) is 20.4 Å². The largest absolute Gasteiger partial charge is 0.497 e. The molecule has 0 saturated carbocycles. The third-order valence-corrected chi connectivity index (χ3v) is 6.00. The molecule has 0 fully saturated rings. The van der Waals surface area contributed by atoms with Crippen molar-refractivity contribution in [1.82, 2.24) is 14.8 Å². The summed E-state index contributed by atoms with van der Waals surface area (Å²) in [5.74, 6) is 3.04. The number of fused-ring (bicyclic) bond motifs is 2. The molecule has 0 radical (unpaired) electrons. The average Bonchev–Trinajstić information content (AvgIpc) is 3.40. The van der Waals surface area contributed by atoms with Gasteiger partial charge in [0, 0.05) is 30.5 Å². The Hall–Kier alpha value is -3.40. The van der Waals surface area contributed by atoms with Crippen molar-refractivity contribution in [2.75, 3.05) is 42.8 Å². The van der Waals surface area contributed by atoms with E-state index in [-0.39, 0.29) is 11.7 Å². The molecule has 1 aromatic heterocycles. The number of nitrogens with zero attached hydrogens (tertiary/aromatic N) is 4. The second kappa shape index (κ2) is 8.38. The third kappa shape index (κ3) is 3.98. The van der Waals surface area contributed by atoms with Crippen LogP contribution in [0.5, 0.6) is 17.2 Å². The molecule has 5 rings (SSSR count). The lowest BCUT2D eigenvalue weighted by molar-refractivity contribution is -0.113. The number of methoxy groups -OCH3 is 1. The molecule has 9 nitrogen and oxygen atoms in total. The van der Waals surface area contributed by atoms with Crippen LogP contribution in [0.4, 0.5) is 17.3 Å². The van der Waals surface area contributed by atoms with Gasteiger partial charge in [0.25, 0.3) is 0 Å². The van der Waals surface area contributed by atoms with Crippen LogP contribution < -0.4 is 24.4 Å². The van der Waals surface area contributed by atoms with Gasteiger partial charge in [-0.25, -0.2) is 0 Å². The predicted molar refractivity (Wildman–Crippen MR) is 117 cm³/mol. The Kier molecular flexibility index (Phi) is 5.29. The normalized spacial score (nSPS) is 14.3. The monoisotopic (exact) mass is 439 g/mol. The molecular formula is C21H21N5O4S. The zero-order valence-corrected chi connectivity index (χ0v) is 17.7. The first-order chi connectivity index (χ1) is 15.2. The number of aromatic nitrogens is 3. The van der Waals surface area contributed by atoms with Crippen LogP contribution in [-0.4, -0.2) is 53.3 Å². The first-order valence-electron chi connectivity index (χ1n) is 9.88. The molecule has 3 aromatic rings. The quantitative estimate of drug-likeness (QED) is 0.587. The van der Waals surface area contributed by atoms with Gasteiger partial charge in [-0.3, -0.25) is 9.36 Å². The van der Waals surface area contributed by atoms with Crippen LogP contribution >= 0.6 is 11.8 Å². The third-order valence-electron chi connectivity index (χ3n) is 5.03. The van der Waals surface area contributed by atoms with E-state index in [9.17, 15) is 4.79 Å². The van der Waals surface area contributed by atoms with Gasteiger partial charge >= 0.3 is 0 Å². The molecule has 10 heteroatoms. The van der Waals surface area contributed by atoms with E-state index in [1.807, 2.05) is 28.8 Å². The SMILES string of the molecule is COc1ccc(N2CCn3c(SCC(=O)Nc4ccc5c(c4)OCCO5)nnc32)cc1. The van der Waals surface area contributed by atoms with Crippen LogP contribution in [0.2, 0.25) is 0 Å². The van der Waals surface area contributed by atoms with Crippen molar-refractivity contribution < 1.29 is 19.0 Å². The Morgan fingerprint density at radius 2 is 1.90 bits per heavy atom. The molecule has 3 heterocycles.